The van der Waals surface area contributed by atoms with Gasteiger partial charge in [0, 0.05) is 66.5 Å². The summed E-state index contributed by atoms with van der Waals surface area (Å²) in [5.41, 5.74) is 53.0. The minimum atomic E-state index is 0.381. The van der Waals surface area contributed by atoms with E-state index in [-0.39, 0.29) is 0 Å². The second-order valence-electron chi connectivity index (χ2n) is 35.3. The molecule has 4 aliphatic heterocycles. The third-order valence-corrected chi connectivity index (χ3v) is 26.0. The maximum absolute atomic E-state index is 5.87. The van der Waals surface area contributed by atoms with E-state index < -0.39 is 0 Å². The molecule has 6 aromatic heterocycles. The van der Waals surface area contributed by atoms with Crippen LogP contribution in [0.2, 0.25) is 0 Å². The molecule has 0 amide bonds. The van der Waals surface area contributed by atoms with E-state index in [1.165, 1.54) is 123 Å². The molecule has 12 aromatic rings. The van der Waals surface area contributed by atoms with Crippen molar-refractivity contribution in [1.82, 2.24) is 39.9 Å². The summed E-state index contributed by atoms with van der Waals surface area (Å²) < 4.78 is 0. The van der Waals surface area contributed by atoms with Gasteiger partial charge in [-0.05, 0) is 383 Å². The standard InChI is InChI=1S/C109H100N8/c1-56-39-62(7)97(63(8)40-56)104-85-27-23-81(110-85)79(82-24-28-86(111-82)105(98-64(9)41-57(2)42-65(98)10)90-32-36-94(115-90)108(93-35-31-89(104)114-93)101-70(15)47-60(5)48-71(101)16)21-19-76(103-77-52-74-51-75(54-77)55-78(103)53-74)20-22-80-83-25-29-87(112-83)106(99-66(11)43-58(3)44-67(99)12)91-33-37-95(116-91)109(102-72(17)49-61(6)50-73(102)18)96-38-34-92(117-96)107(88-30-26-84(80)113-88)100-68(13)45-59(4)46-69(100)14/h23-50,74-75,77-78,110,112,115,117H,51-55H2,1-18H3. The lowest BCUT2D eigenvalue weighted by Crippen LogP contribution is -2.40. The average Bonchev–Trinajstić information content (AvgIpc) is 1.75. The molecule has 10 heterocycles. The molecule has 8 heteroatoms. The molecule has 4 fully saturated rings. The molecule has 0 spiro atoms. The fraction of sp³-hybridized carbons (Fsp3) is 0.248. The Bertz CT molecular complexity index is 6420. The van der Waals surface area contributed by atoms with Gasteiger partial charge in [-0.25, -0.2) is 19.9 Å². The van der Waals surface area contributed by atoms with Crippen LogP contribution in [-0.2, 0) is 0 Å². The highest BCUT2D eigenvalue weighted by atomic mass is 14.8. The molecule has 8 nitrogen and oxygen atoms in total. The monoisotopic (exact) mass is 1520 g/mol. The summed E-state index contributed by atoms with van der Waals surface area (Å²) in [5, 5.41) is 0. The summed E-state index contributed by atoms with van der Waals surface area (Å²) in [6, 6.07) is 45.5. The number of H-pyrrole nitrogens is 4. The lowest BCUT2D eigenvalue weighted by atomic mass is 9.53. The Morgan fingerprint density at radius 2 is 0.427 bits per heavy atom. The molecule has 4 saturated carbocycles. The van der Waals surface area contributed by atoms with Crippen molar-refractivity contribution in [2.45, 2.75) is 157 Å². The van der Waals surface area contributed by atoms with E-state index in [0.717, 1.165) is 188 Å². The number of nitrogens with one attached hydrogen (secondary N) is 4. The van der Waals surface area contributed by atoms with Gasteiger partial charge in [0.25, 0.3) is 0 Å². The molecule has 4 aliphatic carbocycles. The lowest BCUT2D eigenvalue weighted by Gasteiger charge is -2.51. The maximum Gasteiger partial charge on any atom is 0.0815 e. The molecular weight excluding hydrogens is 1420 g/mol. The number of hydrogen-bond acceptors (Lipinski definition) is 4. The normalized spacial score (nSPS) is 16.2. The molecule has 117 heavy (non-hydrogen) atoms. The fourth-order valence-electron chi connectivity index (χ4n) is 22.2. The summed E-state index contributed by atoms with van der Waals surface area (Å²) in [5.74, 6) is 18.3. The Balaban J connectivity index is 0.912. The minimum Gasteiger partial charge on any atom is -0.354 e. The van der Waals surface area contributed by atoms with Crippen LogP contribution in [-0.4, -0.2) is 39.9 Å². The van der Waals surface area contributed by atoms with Crippen molar-refractivity contribution in [3.63, 3.8) is 0 Å². The SMILES string of the molecule is Cc1cc(C)c(-c2c3nc(c(-c4c(C)cc(C)cc4C)c4ccc([nH]4)c(-c4c(C)cc(C)cc4C)c4nc(c(C#CC(C#Cc5c6nc(c(-c7c(C)cc(C)cc7C)c7ccc([nH]7)c(-c7c(C)cc(C)cc7C)c7nc(c(-c8c(C)cc(C)cc8C)c8ccc5[nH]8)C=C7)C=C6)=C5C6CC7CC(C6)CC5C7)c5ccc2[nH]5)C=C4)C=C3)c(C)c1. The number of allylic oxidation sites excluding steroid dienone is 2. The smallest absolute Gasteiger partial charge is 0.0815 e. The van der Waals surface area contributed by atoms with Crippen LogP contribution in [0.3, 0.4) is 0 Å². The van der Waals surface area contributed by atoms with E-state index in [2.05, 4.69) is 338 Å². The number of aromatic nitrogens is 8. The van der Waals surface area contributed by atoms with Gasteiger partial charge in [0.1, 0.15) is 0 Å². The molecule has 0 unspecified atom stereocenters. The zero-order valence-corrected chi connectivity index (χ0v) is 70.8. The van der Waals surface area contributed by atoms with Gasteiger partial charge in [-0.2, -0.15) is 0 Å². The van der Waals surface area contributed by atoms with Crippen molar-refractivity contribution in [1.29, 1.82) is 0 Å². The van der Waals surface area contributed by atoms with E-state index in [0.29, 0.717) is 23.7 Å². The highest BCUT2D eigenvalue weighted by Gasteiger charge is 2.46. The first-order valence-electron chi connectivity index (χ1n) is 41.9. The van der Waals surface area contributed by atoms with E-state index in [9.17, 15) is 0 Å². The first-order valence-corrected chi connectivity index (χ1v) is 41.9. The van der Waals surface area contributed by atoms with Gasteiger partial charge in [-0.1, -0.05) is 130 Å². The predicted molar refractivity (Wildman–Crippen MR) is 493 cm³/mol. The van der Waals surface area contributed by atoms with Crippen LogP contribution >= 0.6 is 0 Å². The van der Waals surface area contributed by atoms with Crippen molar-refractivity contribution in [2.24, 2.45) is 23.7 Å². The van der Waals surface area contributed by atoms with Crippen molar-refractivity contribution in [3.05, 3.63) is 289 Å². The summed E-state index contributed by atoms with van der Waals surface area (Å²) >= 11 is 0. The summed E-state index contributed by atoms with van der Waals surface area (Å²) in [6.45, 7) is 40.0. The number of aryl methyl sites for hydroxylation is 18. The van der Waals surface area contributed by atoms with Crippen LogP contribution in [0.15, 0.2) is 132 Å². The Morgan fingerprint density at radius 3 is 0.650 bits per heavy atom. The van der Waals surface area contributed by atoms with Crippen molar-refractivity contribution in [3.8, 4) is 90.4 Å². The van der Waals surface area contributed by atoms with Gasteiger partial charge >= 0.3 is 0 Å². The van der Waals surface area contributed by atoms with Crippen LogP contribution in [0, 0.1) is 172 Å². The van der Waals surface area contributed by atoms with E-state index >= 15 is 0 Å². The number of rotatable bonds is 6. The summed E-state index contributed by atoms with van der Waals surface area (Å²) in [4.78, 5) is 39.7. The van der Waals surface area contributed by atoms with Crippen LogP contribution in [0.25, 0.3) is 160 Å². The largest absolute Gasteiger partial charge is 0.354 e. The van der Waals surface area contributed by atoms with Crippen molar-refractivity contribution in [2.75, 3.05) is 0 Å². The molecule has 6 aromatic carbocycles. The quantitative estimate of drug-likeness (QED) is 0.124. The van der Waals surface area contributed by atoms with E-state index in [1.807, 2.05) is 0 Å². The summed E-state index contributed by atoms with van der Waals surface area (Å²) in [7, 11) is 0. The third kappa shape index (κ3) is 13.0. The molecule has 20 bridgehead atoms. The Hall–Kier alpha value is -12.6. The number of fused-ring (bicyclic) bond motifs is 16. The van der Waals surface area contributed by atoms with Gasteiger partial charge in [-0.15, -0.1) is 0 Å². The Morgan fingerprint density at radius 1 is 0.239 bits per heavy atom. The second kappa shape index (κ2) is 28.7. The molecule has 0 atom stereocenters. The first-order chi connectivity index (χ1) is 56.3. The molecule has 4 N–H and O–H groups in total. The zero-order chi connectivity index (χ0) is 81.0. The zero-order valence-electron chi connectivity index (χ0n) is 70.8. The van der Waals surface area contributed by atoms with E-state index in [4.69, 9.17) is 19.9 Å². The Kier molecular flexibility index (Phi) is 18.3. The van der Waals surface area contributed by atoms with Crippen LogP contribution in [0.5, 0.6) is 0 Å². The molecule has 0 radical (unpaired) electrons. The summed E-state index contributed by atoms with van der Waals surface area (Å²) in [6.07, 6.45) is 23.7. The fourth-order valence-corrected chi connectivity index (χ4v) is 22.2. The van der Waals surface area contributed by atoms with Gasteiger partial charge in [0.2, 0.25) is 0 Å². The highest BCUT2D eigenvalue weighted by molar-refractivity contribution is 6.03. The molecule has 8 aliphatic rings. The van der Waals surface area contributed by atoms with Gasteiger partial charge in [0.05, 0.1) is 73.3 Å². The molecule has 576 valence electrons. The van der Waals surface area contributed by atoms with Gasteiger partial charge in [0.15, 0.2) is 0 Å². The van der Waals surface area contributed by atoms with E-state index in [1.54, 1.807) is 0 Å². The van der Waals surface area contributed by atoms with Crippen molar-refractivity contribution < 1.29 is 0 Å². The third-order valence-electron chi connectivity index (χ3n) is 26.0. The highest BCUT2D eigenvalue weighted by Crippen LogP contribution is 2.57. The topological polar surface area (TPSA) is 115 Å². The number of nitrogens with zero attached hydrogens (tertiary/aromatic N) is 4. The number of benzene rings is 6. The molecule has 20 rings (SSSR count). The minimum absolute atomic E-state index is 0.381. The lowest BCUT2D eigenvalue weighted by molar-refractivity contribution is 0.0692. The number of aromatic amines is 4. The Labute approximate surface area is 688 Å². The molecular formula is C109H100N8. The van der Waals surface area contributed by atoms with Crippen LogP contribution in [0.4, 0.5) is 0 Å². The second-order valence-corrected chi connectivity index (χ2v) is 35.3. The van der Waals surface area contributed by atoms with Gasteiger partial charge < -0.3 is 19.9 Å². The maximum atomic E-state index is 5.87. The first kappa shape index (κ1) is 74.5. The molecule has 0 saturated heterocycles. The van der Waals surface area contributed by atoms with Crippen LogP contribution in [0.1, 0.15) is 189 Å². The predicted octanol–water partition coefficient (Wildman–Crippen LogP) is 27.3. The number of hydrogen-bond donors (Lipinski definition) is 4. The van der Waals surface area contributed by atoms with Gasteiger partial charge in [-0.3, -0.25) is 0 Å². The van der Waals surface area contributed by atoms with Crippen molar-refractivity contribution >= 4 is 92.7 Å². The van der Waals surface area contributed by atoms with Crippen LogP contribution < -0.4 is 0 Å². The average molecular weight is 1520 g/mol.